The number of benzene rings is 1. The smallest absolute Gasteiger partial charge is 0.218 e. The van der Waals surface area contributed by atoms with Crippen molar-refractivity contribution >= 4 is 34.8 Å². The zero-order chi connectivity index (χ0) is 21.9. The number of carbonyl (C=O) groups is 1. The normalized spacial score (nSPS) is 22.0. The number of rotatable bonds is 3. The number of hydrogen-bond donors (Lipinski definition) is 3. The van der Waals surface area contributed by atoms with Gasteiger partial charge in [-0.05, 0) is 38.3 Å². The Bertz CT molecular complexity index is 1230. The number of Topliss-reactive ketones (excluding diaryl/α,β-unsaturated/α-hetero) is 1. The number of aromatic nitrogens is 4. The molecule has 0 bridgehead atoms. The first-order valence-electron chi connectivity index (χ1n) is 9.99. The molecule has 3 heterocycles. The minimum Gasteiger partial charge on any atom is -0.398 e. The summed E-state index contributed by atoms with van der Waals surface area (Å²) in [6.45, 7) is 1.96. The lowest BCUT2D eigenvalue weighted by atomic mass is 9.80. The fourth-order valence-electron chi connectivity index (χ4n) is 5.03. The minimum absolute atomic E-state index is 0.0903. The Balaban J connectivity index is 1.60. The molecule has 10 heteroatoms. The van der Waals surface area contributed by atoms with Crippen molar-refractivity contribution in [3.8, 4) is 11.1 Å². The van der Waals surface area contributed by atoms with Crippen LogP contribution in [-0.2, 0) is 5.41 Å². The summed E-state index contributed by atoms with van der Waals surface area (Å²) >= 11 is 6.88. The molecular weight excluding hydrogens is 421 g/mol. The van der Waals surface area contributed by atoms with Crippen LogP contribution in [0.25, 0.3) is 11.1 Å². The summed E-state index contributed by atoms with van der Waals surface area (Å²) in [4.78, 5) is 20.5. The van der Waals surface area contributed by atoms with Crippen LogP contribution in [-0.4, -0.2) is 32.1 Å². The number of nitrogens with zero attached hydrogens (tertiary/aromatic N) is 4. The van der Waals surface area contributed by atoms with Crippen LogP contribution in [0.5, 0.6) is 0 Å². The molecule has 1 aliphatic carbocycles. The zero-order valence-corrected chi connectivity index (χ0v) is 17.6. The lowest BCUT2D eigenvalue weighted by Gasteiger charge is -2.25. The van der Waals surface area contributed by atoms with E-state index in [4.69, 9.17) is 23.1 Å². The second-order valence-electron chi connectivity index (χ2n) is 8.25. The maximum Gasteiger partial charge on any atom is 0.218 e. The van der Waals surface area contributed by atoms with E-state index in [1.54, 1.807) is 4.68 Å². The number of halogens is 2. The Hall–Kier alpha value is -3.20. The summed E-state index contributed by atoms with van der Waals surface area (Å²) in [6.07, 6.45) is 5.46. The number of hydrogen-bond acceptors (Lipinski definition) is 7. The number of anilines is 3. The Morgan fingerprint density at radius 1 is 1.32 bits per heavy atom. The first kappa shape index (κ1) is 19.7. The third kappa shape index (κ3) is 2.87. The van der Waals surface area contributed by atoms with Gasteiger partial charge in [0.15, 0.2) is 5.78 Å². The molecule has 2 aliphatic rings. The van der Waals surface area contributed by atoms with Gasteiger partial charge in [-0.2, -0.15) is 5.10 Å². The van der Waals surface area contributed by atoms with Gasteiger partial charge in [-0.25, -0.2) is 19.0 Å². The number of ketones is 1. The highest BCUT2D eigenvalue weighted by Crippen LogP contribution is 2.54. The number of nitrogens with two attached hydrogens (primary N) is 2. The van der Waals surface area contributed by atoms with E-state index in [1.807, 2.05) is 0 Å². The van der Waals surface area contributed by atoms with Crippen LogP contribution in [0, 0.1) is 5.82 Å². The van der Waals surface area contributed by atoms with E-state index in [-0.39, 0.29) is 28.3 Å². The van der Waals surface area contributed by atoms with Gasteiger partial charge in [-0.15, -0.1) is 0 Å². The van der Waals surface area contributed by atoms with Crippen molar-refractivity contribution in [2.24, 2.45) is 0 Å². The standard InChI is InChI=1S/C21H21ClFN7O/c1-10(31)15-14(24)3-2-12(18(15)23)13-7-26-19-16(17(13)22)21(8-27-19)5-4-11(6-21)30-20(25)28-9-29-30/h2-3,7,9,11H,4-6,8,24H2,1H3,(H,26,27)(H2,25,28,29)/t11-,21-/m0/s1. The largest absolute Gasteiger partial charge is 0.398 e. The molecule has 31 heavy (non-hydrogen) atoms. The summed E-state index contributed by atoms with van der Waals surface area (Å²) < 4.78 is 17.0. The summed E-state index contributed by atoms with van der Waals surface area (Å²) in [6, 6.07) is 3.15. The van der Waals surface area contributed by atoms with Gasteiger partial charge >= 0.3 is 0 Å². The van der Waals surface area contributed by atoms with Crippen LogP contribution < -0.4 is 16.8 Å². The van der Waals surface area contributed by atoms with E-state index in [2.05, 4.69) is 20.4 Å². The zero-order valence-electron chi connectivity index (χ0n) is 16.8. The summed E-state index contributed by atoms with van der Waals surface area (Å²) in [5.74, 6) is -0.0457. The topological polar surface area (TPSA) is 125 Å². The van der Waals surface area contributed by atoms with Crippen molar-refractivity contribution < 1.29 is 9.18 Å². The van der Waals surface area contributed by atoms with Gasteiger partial charge in [0.05, 0.1) is 16.6 Å². The fraction of sp³-hybridized carbons (Fsp3) is 0.333. The van der Waals surface area contributed by atoms with Crippen molar-refractivity contribution in [2.45, 2.75) is 37.6 Å². The summed E-state index contributed by atoms with van der Waals surface area (Å²) in [7, 11) is 0. The molecule has 0 saturated heterocycles. The van der Waals surface area contributed by atoms with Crippen LogP contribution in [0.15, 0.2) is 24.7 Å². The van der Waals surface area contributed by atoms with Crippen molar-refractivity contribution in [1.82, 2.24) is 19.7 Å². The molecule has 1 spiro atoms. The molecule has 5 rings (SSSR count). The van der Waals surface area contributed by atoms with Crippen LogP contribution in [0.1, 0.15) is 48.1 Å². The Morgan fingerprint density at radius 3 is 2.84 bits per heavy atom. The van der Waals surface area contributed by atoms with Crippen molar-refractivity contribution in [3.63, 3.8) is 0 Å². The van der Waals surface area contributed by atoms with Gasteiger partial charge < -0.3 is 16.8 Å². The maximum atomic E-state index is 15.2. The quantitative estimate of drug-likeness (QED) is 0.419. The molecule has 0 unspecified atom stereocenters. The van der Waals surface area contributed by atoms with Crippen LogP contribution in [0.3, 0.4) is 0 Å². The van der Waals surface area contributed by atoms with Crippen LogP contribution in [0.2, 0.25) is 5.02 Å². The predicted octanol–water partition coefficient (Wildman–Crippen LogP) is 3.59. The number of carbonyl (C=O) groups excluding carboxylic acids is 1. The number of fused-ring (bicyclic) bond motifs is 2. The van der Waals surface area contributed by atoms with Crippen molar-refractivity contribution in [1.29, 1.82) is 0 Å². The molecule has 1 fully saturated rings. The first-order chi connectivity index (χ1) is 14.8. The van der Waals surface area contributed by atoms with Gasteiger partial charge in [0, 0.05) is 40.5 Å². The third-order valence-corrected chi connectivity index (χ3v) is 6.88. The molecule has 160 valence electrons. The van der Waals surface area contributed by atoms with E-state index >= 15 is 4.39 Å². The second kappa shape index (κ2) is 6.91. The van der Waals surface area contributed by atoms with E-state index in [0.29, 0.717) is 28.9 Å². The highest BCUT2D eigenvalue weighted by Gasteiger charge is 2.48. The summed E-state index contributed by atoms with van der Waals surface area (Å²) in [5, 5.41) is 8.04. The summed E-state index contributed by atoms with van der Waals surface area (Å²) in [5.41, 5.74) is 13.0. The van der Waals surface area contributed by atoms with E-state index in [9.17, 15) is 4.79 Å². The molecule has 8 nitrogen and oxygen atoms in total. The van der Waals surface area contributed by atoms with Gasteiger partial charge in [-0.3, -0.25) is 4.79 Å². The molecule has 2 atom stereocenters. The molecular formula is C21H21ClFN7O. The third-order valence-electron chi connectivity index (χ3n) is 6.49. The molecule has 1 saturated carbocycles. The first-order valence-corrected chi connectivity index (χ1v) is 10.4. The van der Waals surface area contributed by atoms with E-state index < -0.39 is 11.6 Å². The lowest BCUT2D eigenvalue weighted by Crippen LogP contribution is -2.26. The minimum atomic E-state index is -0.684. The fourth-order valence-corrected chi connectivity index (χ4v) is 5.47. The van der Waals surface area contributed by atoms with Gasteiger partial charge in [0.1, 0.15) is 18.0 Å². The molecule has 1 aromatic carbocycles. The highest BCUT2D eigenvalue weighted by molar-refractivity contribution is 6.34. The molecule has 0 amide bonds. The monoisotopic (exact) mass is 441 g/mol. The predicted molar refractivity (Wildman–Crippen MR) is 117 cm³/mol. The average molecular weight is 442 g/mol. The van der Waals surface area contributed by atoms with Gasteiger partial charge in [0.2, 0.25) is 5.95 Å². The van der Waals surface area contributed by atoms with Crippen molar-refractivity contribution in [2.75, 3.05) is 23.3 Å². The Morgan fingerprint density at radius 2 is 2.13 bits per heavy atom. The van der Waals surface area contributed by atoms with Gasteiger partial charge in [0.25, 0.3) is 0 Å². The van der Waals surface area contributed by atoms with E-state index in [1.165, 1.54) is 31.6 Å². The molecule has 2 aromatic heterocycles. The number of pyridine rings is 1. The van der Waals surface area contributed by atoms with Crippen LogP contribution in [0.4, 0.5) is 21.8 Å². The second-order valence-corrected chi connectivity index (χ2v) is 8.63. The lowest BCUT2D eigenvalue weighted by molar-refractivity contribution is 0.101. The van der Waals surface area contributed by atoms with Gasteiger partial charge in [-0.1, -0.05) is 11.6 Å². The molecule has 3 aromatic rings. The number of nitrogen functional groups attached to an aromatic ring is 2. The molecule has 0 radical (unpaired) electrons. The molecule has 5 N–H and O–H groups in total. The maximum absolute atomic E-state index is 15.2. The van der Waals surface area contributed by atoms with E-state index in [0.717, 1.165) is 24.8 Å². The Kier molecular flexibility index (Phi) is 4.40. The molecule has 1 aliphatic heterocycles. The van der Waals surface area contributed by atoms with Crippen LogP contribution >= 0.6 is 11.6 Å². The average Bonchev–Trinajstić information content (AvgIpc) is 3.43. The highest BCUT2D eigenvalue weighted by atomic mass is 35.5. The SMILES string of the molecule is CC(=O)c1c(N)ccc(-c2cnc3c(c2Cl)[C@]2(CC[C@H](n4ncnc4N)C2)CN3)c1F. The van der Waals surface area contributed by atoms with Crippen molar-refractivity contribution in [3.05, 3.63) is 46.6 Å². The number of nitrogens with one attached hydrogen (secondary N) is 1. The Labute approximate surface area is 182 Å².